The van der Waals surface area contributed by atoms with Gasteiger partial charge in [-0.1, -0.05) is 35.9 Å². The average Bonchev–Trinajstić information content (AvgIpc) is 3.69. The van der Waals surface area contributed by atoms with Crippen LogP contribution in [0.4, 0.5) is 11.4 Å². The number of nitrogens with zero attached hydrogens (tertiary/aromatic N) is 5. The molecule has 6 aromatic rings. The van der Waals surface area contributed by atoms with Gasteiger partial charge in [-0.2, -0.15) is 5.10 Å². The molecule has 10 heteroatoms. The number of hydrogen-bond donors (Lipinski definition) is 2. The van der Waals surface area contributed by atoms with E-state index < -0.39 is 0 Å². The fourth-order valence-corrected chi connectivity index (χ4v) is 7.43. The molecule has 2 aliphatic heterocycles. The van der Waals surface area contributed by atoms with Gasteiger partial charge in [-0.05, 0) is 91.2 Å². The van der Waals surface area contributed by atoms with E-state index in [1.54, 1.807) is 46.1 Å². The Bertz CT molecular complexity index is 2260. The van der Waals surface area contributed by atoms with Crippen LogP contribution in [0.3, 0.4) is 0 Å². The van der Waals surface area contributed by atoms with Gasteiger partial charge in [0.25, 0.3) is 11.8 Å². The molecule has 0 spiro atoms. The minimum atomic E-state index is -0.233. The standard InChI is InChI=1S/C39H35ClN6O3/c1-24-17-25-5-3-4-6-26(25)23-45(24)38(48)32-13-7-28(40)19-33(32)36-20-34(37-22-41-15-16-44(36)37)39(49)46(29-8-11-31(47)12-9-29)30-10-14-35-27(18-30)21-42-43(35)2/h3-14,18-21,24,41,47H,15-17,22-23H2,1-2H3/t24-/m1/s1. The van der Waals surface area contributed by atoms with Crippen LogP contribution in [0.1, 0.15) is 44.5 Å². The Morgan fingerprint density at radius 1 is 0.939 bits per heavy atom. The fourth-order valence-electron chi connectivity index (χ4n) is 7.26. The number of rotatable bonds is 5. The number of carbonyl (C=O) groups excluding carboxylic acids is 2. The number of hydrogen-bond acceptors (Lipinski definition) is 5. The predicted octanol–water partition coefficient (Wildman–Crippen LogP) is 7.07. The first-order chi connectivity index (χ1) is 23.8. The Morgan fingerprint density at radius 2 is 1.71 bits per heavy atom. The lowest BCUT2D eigenvalue weighted by Crippen LogP contribution is -2.42. The lowest BCUT2D eigenvalue weighted by atomic mass is 9.93. The molecule has 2 amide bonds. The minimum Gasteiger partial charge on any atom is -0.508 e. The number of amides is 2. The van der Waals surface area contributed by atoms with Crippen molar-refractivity contribution in [2.75, 3.05) is 11.4 Å². The number of phenols is 1. The second kappa shape index (κ2) is 12.3. The van der Waals surface area contributed by atoms with Crippen molar-refractivity contribution in [2.45, 2.75) is 39.0 Å². The van der Waals surface area contributed by atoms with Crippen LogP contribution in [0, 0.1) is 0 Å². The van der Waals surface area contributed by atoms with Crippen LogP contribution in [0.2, 0.25) is 5.02 Å². The molecule has 0 saturated heterocycles. The molecule has 0 bridgehead atoms. The summed E-state index contributed by atoms with van der Waals surface area (Å²) >= 11 is 6.63. The molecule has 0 aliphatic carbocycles. The smallest absolute Gasteiger partial charge is 0.264 e. The molecule has 0 radical (unpaired) electrons. The molecule has 1 atom stereocenters. The van der Waals surface area contributed by atoms with Crippen molar-refractivity contribution in [2.24, 2.45) is 7.05 Å². The maximum absolute atomic E-state index is 14.9. The zero-order valence-corrected chi connectivity index (χ0v) is 28.0. The Kier molecular flexibility index (Phi) is 7.73. The number of phenolic OH excluding ortho intramolecular Hbond substituents is 1. The van der Waals surface area contributed by atoms with E-state index in [2.05, 4.69) is 34.0 Å². The fraction of sp³-hybridized carbons (Fsp3) is 0.205. The number of fused-ring (bicyclic) bond motifs is 3. The third-order valence-electron chi connectivity index (χ3n) is 9.80. The molecule has 2 aromatic heterocycles. The molecule has 2 N–H and O–H groups in total. The summed E-state index contributed by atoms with van der Waals surface area (Å²) in [5.74, 6) is -0.193. The van der Waals surface area contributed by atoms with E-state index in [0.717, 1.165) is 34.3 Å². The van der Waals surface area contributed by atoms with E-state index in [1.165, 1.54) is 5.56 Å². The van der Waals surface area contributed by atoms with Crippen molar-refractivity contribution in [1.82, 2.24) is 24.6 Å². The number of carbonyl (C=O) groups is 2. The molecular formula is C39H35ClN6O3. The van der Waals surface area contributed by atoms with Gasteiger partial charge in [0.1, 0.15) is 5.75 Å². The van der Waals surface area contributed by atoms with E-state index in [0.29, 0.717) is 59.3 Å². The van der Waals surface area contributed by atoms with Crippen LogP contribution in [0.5, 0.6) is 5.75 Å². The van der Waals surface area contributed by atoms with Crippen LogP contribution in [0.25, 0.3) is 22.2 Å². The molecule has 0 saturated carbocycles. The normalized spacial score (nSPS) is 15.6. The quantitative estimate of drug-likeness (QED) is 0.205. The van der Waals surface area contributed by atoms with Crippen molar-refractivity contribution in [3.63, 3.8) is 0 Å². The van der Waals surface area contributed by atoms with E-state index in [1.807, 2.05) is 60.5 Å². The molecule has 2 aliphatic rings. The molecule has 9 nitrogen and oxygen atoms in total. The number of nitrogens with one attached hydrogen (secondary N) is 1. The van der Waals surface area contributed by atoms with Crippen molar-refractivity contribution >= 4 is 45.7 Å². The largest absolute Gasteiger partial charge is 0.508 e. The van der Waals surface area contributed by atoms with E-state index in [9.17, 15) is 14.7 Å². The van der Waals surface area contributed by atoms with Crippen molar-refractivity contribution in [3.05, 3.63) is 130 Å². The van der Waals surface area contributed by atoms with E-state index >= 15 is 0 Å². The van der Waals surface area contributed by atoms with Crippen molar-refractivity contribution in [1.29, 1.82) is 0 Å². The second-order valence-electron chi connectivity index (χ2n) is 12.8. The molecule has 246 valence electrons. The molecule has 4 aromatic carbocycles. The first-order valence-corrected chi connectivity index (χ1v) is 16.8. The van der Waals surface area contributed by atoms with Crippen LogP contribution in [0.15, 0.2) is 97.2 Å². The SMILES string of the molecule is C[C@@H]1Cc2ccccc2CN1C(=O)c1ccc(Cl)cc1-c1cc(C(=O)N(c2ccc(O)cc2)c2ccc3c(cnn3C)c2)c2n1CCNC2. The first-order valence-electron chi connectivity index (χ1n) is 16.4. The Balaban J connectivity index is 1.24. The van der Waals surface area contributed by atoms with Crippen molar-refractivity contribution < 1.29 is 14.7 Å². The van der Waals surface area contributed by atoms with Gasteiger partial charge in [0, 0.05) is 77.9 Å². The summed E-state index contributed by atoms with van der Waals surface area (Å²) in [6, 6.07) is 28.0. The number of benzene rings is 4. The van der Waals surface area contributed by atoms with Gasteiger partial charge in [-0.15, -0.1) is 0 Å². The molecule has 0 unspecified atom stereocenters. The van der Waals surface area contributed by atoms with E-state index in [-0.39, 0.29) is 23.6 Å². The van der Waals surface area contributed by atoms with E-state index in [4.69, 9.17) is 11.6 Å². The number of aromatic nitrogens is 3. The third kappa shape index (κ3) is 5.45. The highest BCUT2D eigenvalue weighted by Crippen LogP contribution is 2.37. The first kappa shape index (κ1) is 30.9. The van der Waals surface area contributed by atoms with Gasteiger partial charge in [-0.25, -0.2) is 0 Å². The maximum Gasteiger partial charge on any atom is 0.264 e. The van der Waals surface area contributed by atoms with Gasteiger partial charge < -0.3 is 19.9 Å². The van der Waals surface area contributed by atoms with Crippen LogP contribution < -0.4 is 10.2 Å². The van der Waals surface area contributed by atoms with Crippen LogP contribution in [-0.4, -0.2) is 48.8 Å². The van der Waals surface area contributed by atoms with Gasteiger partial charge in [0.05, 0.1) is 23.0 Å². The molecular weight excluding hydrogens is 636 g/mol. The number of aromatic hydroxyl groups is 1. The van der Waals surface area contributed by atoms with Crippen LogP contribution in [-0.2, 0) is 33.1 Å². The van der Waals surface area contributed by atoms with Gasteiger partial charge in [0.15, 0.2) is 0 Å². The molecule has 49 heavy (non-hydrogen) atoms. The minimum absolute atomic E-state index is 0.0181. The summed E-state index contributed by atoms with van der Waals surface area (Å²) in [5.41, 5.74) is 7.99. The topological polar surface area (TPSA) is 95.6 Å². The number of anilines is 2. The molecule has 8 rings (SSSR count). The van der Waals surface area contributed by atoms with Crippen molar-refractivity contribution in [3.8, 4) is 17.0 Å². The second-order valence-corrected chi connectivity index (χ2v) is 13.3. The highest BCUT2D eigenvalue weighted by Gasteiger charge is 2.32. The summed E-state index contributed by atoms with van der Waals surface area (Å²) in [6.45, 7) is 4.43. The third-order valence-corrected chi connectivity index (χ3v) is 10.0. The summed E-state index contributed by atoms with van der Waals surface area (Å²) in [5, 5.41) is 19.3. The van der Waals surface area contributed by atoms with Crippen LogP contribution >= 0.6 is 11.6 Å². The monoisotopic (exact) mass is 670 g/mol. The number of halogens is 1. The highest BCUT2D eigenvalue weighted by atomic mass is 35.5. The summed E-state index contributed by atoms with van der Waals surface area (Å²) in [7, 11) is 1.88. The Morgan fingerprint density at radius 3 is 2.53 bits per heavy atom. The van der Waals surface area contributed by atoms with Gasteiger partial charge in [0.2, 0.25) is 0 Å². The van der Waals surface area contributed by atoms with Gasteiger partial charge >= 0.3 is 0 Å². The average molecular weight is 671 g/mol. The molecule has 0 fully saturated rings. The number of aryl methyl sites for hydroxylation is 1. The zero-order chi connectivity index (χ0) is 33.8. The van der Waals surface area contributed by atoms with Gasteiger partial charge in [-0.3, -0.25) is 19.2 Å². The summed E-state index contributed by atoms with van der Waals surface area (Å²) < 4.78 is 3.93. The predicted molar refractivity (Wildman–Crippen MR) is 191 cm³/mol. The maximum atomic E-state index is 14.9. The summed E-state index contributed by atoms with van der Waals surface area (Å²) in [4.78, 5) is 32.9. The zero-order valence-electron chi connectivity index (χ0n) is 27.2. The summed E-state index contributed by atoms with van der Waals surface area (Å²) in [6.07, 6.45) is 2.56. The highest BCUT2D eigenvalue weighted by molar-refractivity contribution is 6.31. The molecule has 4 heterocycles. The lowest BCUT2D eigenvalue weighted by molar-refractivity contribution is 0.0659. The lowest BCUT2D eigenvalue weighted by Gasteiger charge is -2.35. The Hall–Kier alpha value is -5.38. The Labute approximate surface area is 288 Å².